The molecule has 0 aromatic carbocycles. The number of aromatic nitrogens is 2. The molecule has 0 N–H and O–H groups in total. The van der Waals surface area contributed by atoms with Gasteiger partial charge in [-0.3, -0.25) is 0 Å². The minimum absolute atomic E-state index is 0.455. The van der Waals surface area contributed by atoms with Gasteiger partial charge in [0.25, 0.3) is 0 Å². The van der Waals surface area contributed by atoms with Gasteiger partial charge in [-0.25, -0.2) is 9.97 Å². The molecule has 1 aliphatic heterocycles. The van der Waals surface area contributed by atoms with E-state index in [-0.39, 0.29) is 0 Å². The summed E-state index contributed by atoms with van der Waals surface area (Å²) in [7, 11) is 0. The summed E-state index contributed by atoms with van der Waals surface area (Å²) in [4.78, 5) is 10.7. The van der Waals surface area contributed by atoms with Gasteiger partial charge in [0.1, 0.15) is 11.0 Å². The first-order valence-corrected chi connectivity index (χ1v) is 5.80. The maximum Gasteiger partial charge on any atom is 0.147 e. The van der Waals surface area contributed by atoms with Gasteiger partial charge in [-0.05, 0) is 25.7 Å². The zero-order chi connectivity index (χ0) is 10.8. The zero-order valence-corrected chi connectivity index (χ0v) is 9.91. The fraction of sp³-hybridized carbons (Fsp3) is 0.636. The van der Waals surface area contributed by atoms with Crippen LogP contribution in [0.25, 0.3) is 0 Å². The predicted molar refractivity (Wildman–Crippen MR) is 62.2 cm³/mol. The molecule has 1 aliphatic rings. The molecule has 2 unspecified atom stereocenters. The van der Waals surface area contributed by atoms with Crippen LogP contribution in [-0.2, 0) is 0 Å². The zero-order valence-electron chi connectivity index (χ0n) is 9.15. The summed E-state index contributed by atoms with van der Waals surface area (Å²) < 4.78 is 0. The summed E-state index contributed by atoms with van der Waals surface area (Å²) in [5.41, 5.74) is 0. The Hall–Kier alpha value is -0.830. The van der Waals surface area contributed by atoms with Gasteiger partial charge in [-0.15, -0.1) is 0 Å². The molecule has 0 bridgehead atoms. The summed E-state index contributed by atoms with van der Waals surface area (Å²) in [5.74, 6) is 1.66. The summed E-state index contributed by atoms with van der Waals surface area (Å²) >= 11 is 5.72. The van der Waals surface area contributed by atoms with Gasteiger partial charge in [0.15, 0.2) is 0 Å². The van der Waals surface area contributed by atoms with Gasteiger partial charge >= 0.3 is 0 Å². The number of nitrogens with zero attached hydrogens (tertiary/aromatic N) is 3. The lowest BCUT2D eigenvalue weighted by atomic mass is 9.92. The molecule has 0 aliphatic carbocycles. The average molecular weight is 226 g/mol. The first kappa shape index (κ1) is 10.7. The Morgan fingerprint density at radius 2 is 2.13 bits per heavy atom. The van der Waals surface area contributed by atoms with Crippen LogP contribution < -0.4 is 4.90 Å². The number of halogens is 1. The lowest BCUT2D eigenvalue weighted by Crippen LogP contribution is -2.42. The largest absolute Gasteiger partial charge is 0.352 e. The van der Waals surface area contributed by atoms with Crippen molar-refractivity contribution in [3.05, 3.63) is 17.5 Å². The highest BCUT2D eigenvalue weighted by Gasteiger charge is 2.25. The Kier molecular flexibility index (Phi) is 3.10. The molecular formula is C11H16ClN3. The van der Waals surface area contributed by atoms with Crippen LogP contribution in [0.5, 0.6) is 0 Å². The standard InChI is InChI=1S/C11H16ClN3/c1-8-4-3-5-15(9(8)2)11-7-13-10(12)6-14-11/h6-9H,3-5H2,1-2H3. The first-order chi connectivity index (χ1) is 7.18. The molecule has 0 amide bonds. The highest BCUT2D eigenvalue weighted by molar-refractivity contribution is 6.29. The summed E-state index contributed by atoms with van der Waals surface area (Å²) in [5, 5.41) is 0.455. The van der Waals surface area contributed by atoms with Crippen molar-refractivity contribution in [1.29, 1.82) is 0 Å². The molecule has 2 heterocycles. The van der Waals surface area contributed by atoms with E-state index >= 15 is 0 Å². The van der Waals surface area contributed by atoms with Gasteiger partial charge in [0, 0.05) is 12.6 Å². The molecule has 0 radical (unpaired) electrons. The van der Waals surface area contributed by atoms with Crippen LogP contribution in [0.2, 0.25) is 5.15 Å². The topological polar surface area (TPSA) is 29.0 Å². The lowest BCUT2D eigenvalue weighted by Gasteiger charge is -2.38. The maximum absolute atomic E-state index is 5.72. The Morgan fingerprint density at radius 3 is 2.80 bits per heavy atom. The van der Waals surface area contributed by atoms with E-state index in [9.17, 15) is 0 Å². The van der Waals surface area contributed by atoms with Crippen molar-refractivity contribution >= 4 is 17.4 Å². The Morgan fingerprint density at radius 1 is 1.33 bits per heavy atom. The second-order valence-electron chi connectivity index (χ2n) is 4.25. The van der Waals surface area contributed by atoms with E-state index in [1.54, 1.807) is 12.4 Å². The third kappa shape index (κ3) is 2.23. The lowest BCUT2D eigenvalue weighted by molar-refractivity contribution is 0.361. The normalized spacial score (nSPS) is 26.7. The van der Waals surface area contributed by atoms with Gasteiger partial charge in [-0.2, -0.15) is 0 Å². The quantitative estimate of drug-likeness (QED) is 0.736. The molecule has 1 saturated heterocycles. The third-order valence-corrected chi connectivity index (χ3v) is 3.47. The molecule has 1 aromatic heterocycles. The molecule has 1 fully saturated rings. The van der Waals surface area contributed by atoms with Crippen molar-refractivity contribution in [2.24, 2.45) is 5.92 Å². The average Bonchev–Trinajstić information content (AvgIpc) is 2.24. The van der Waals surface area contributed by atoms with Gasteiger partial charge < -0.3 is 4.90 Å². The van der Waals surface area contributed by atoms with Crippen molar-refractivity contribution in [3.63, 3.8) is 0 Å². The van der Waals surface area contributed by atoms with E-state index in [4.69, 9.17) is 11.6 Å². The van der Waals surface area contributed by atoms with Crippen LogP contribution in [0, 0.1) is 5.92 Å². The van der Waals surface area contributed by atoms with Gasteiger partial charge in [0.05, 0.1) is 12.4 Å². The molecule has 1 aromatic rings. The van der Waals surface area contributed by atoms with E-state index in [0.717, 1.165) is 18.3 Å². The number of rotatable bonds is 1. The smallest absolute Gasteiger partial charge is 0.147 e. The van der Waals surface area contributed by atoms with Crippen LogP contribution in [0.15, 0.2) is 12.4 Å². The fourth-order valence-electron chi connectivity index (χ4n) is 2.11. The maximum atomic E-state index is 5.72. The molecule has 0 spiro atoms. The molecule has 2 rings (SSSR count). The number of anilines is 1. The molecular weight excluding hydrogens is 210 g/mol. The van der Waals surface area contributed by atoms with Gasteiger partial charge in [0.2, 0.25) is 0 Å². The van der Waals surface area contributed by atoms with Crippen LogP contribution >= 0.6 is 11.6 Å². The summed E-state index contributed by atoms with van der Waals surface area (Å²) in [6, 6.07) is 0.536. The van der Waals surface area contributed by atoms with Crippen molar-refractivity contribution in [2.45, 2.75) is 32.7 Å². The fourth-order valence-corrected chi connectivity index (χ4v) is 2.21. The van der Waals surface area contributed by atoms with E-state index in [2.05, 4.69) is 28.7 Å². The van der Waals surface area contributed by atoms with Crippen molar-refractivity contribution < 1.29 is 0 Å². The Bertz CT molecular complexity index is 325. The monoisotopic (exact) mass is 225 g/mol. The first-order valence-electron chi connectivity index (χ1n) is 5.42. The molecule has 82 valence electrons. The van der Waals surface area contributed by atoms with Gasteiger partial charge in [-0.1, -0.05) is 18.5 Å². The molecule has 4 heteroatoms. The van der Waals surface area contributed by atoms with Crippen molar-refractivity contribution in [3.8, 4) is 0 Å². The number of hydrogen-bond acceptors (Lipinski definition) is 3. The third-order valence-electron chi connectivity index (χ3n) is 3.27. The molecule has 2 atom stereocenters. The summed E-state index contributed by atoms with van der Waals surface area (Å²) in [6.45, 7) is 5.61. The molecule has 0 saturated carbocycles. The Balaban J connectivity index is 2.18. The molecule has 15 heavy (non-hydrogen) atoms. The van der Waals surface area contributed by atoms with Crippen LogP contribution in [0.3, 0.4) is 0 Å². The number of piperidine rings is 1. The van der Waals surface area contributed by atoms with E-state index in [0.29, 0.717) is 11.2 Å². The number of hydrogen-bond donors (Lipinski definition) is 0. The van der Waals surface area contributed by atoms with E-state index < -0.39 is 0 Å². The SMILES string of the molecule is CC1CCCN(c2cnc(Cl)cn2)C1C. The highest BCUT2D eigenvalue weighted by Crippen LogP contribution is 2.26. The van der Waals surface area contributed by atoms with Crippen LogP contribution in [0.4, 0.5) is 5.82 Å². The molecule has 3 nitrogen and oxygen atoms in total. The Labute approximate surface area is 95.5 Å². The second-order valence-corrected chi connectivity index (χ2v) is 4.64. The van der Waals surface area contributed by atoms with Crippen molar-refractivity contribution in [2.75, 3.05) is 11.4 Å². The highest BCUT2D eigenvalue weighted by atomic mass is 35.5. The predicted octanol–water partition coefficient (Wildman–Crippen LogP) is 2.75. The summed E-state index contributed by atoms with van der Waals surface area (Å²) in [6.07, 6.45) is 5.91. The van der Waals surface area contributed by atoms with Crippen LogP contribution in [0.1, 0.15) is 26.7 Å². The second kappa shape index (κ2) is 4.35. The minimum Gasteiger partial charge on any atom is -0.352 e. The van der Waals surface area contributed by atoms with E-state index in [1.807, 2.05) is 0 Å². The van der Waals surface area contributed by atoms with Crippen molar-refractivity contribution in [1.82, 2.24) is 9.97 Å². The minimum atomic E-state index is 0.455. The van der Waals surface area contributed by atoms with Crippen LogP contribution in [-0.4, -0.2) is 22.6 Å². The van der Waals surface area contributed by atoms with E-state index in [1.165, 1.54) is 12.8 Å².